The standard InChI is InChI=1S/C24H21F2N5O2/c25-16-4-6-18(7-5-16)33-19-3-1-2-17(12-19)30-24(32)15-8-10-31(11-9-15)23-21-20(26)13-27-22(21)28-14-29-23/h1-7,12-15H,8-11H2,(H,30,32)(H,27,28,29). The largest absolute Gasteiger partial charge is 0.457 e. The summed E-state index contributed by atoms with van der Waals surface area (Å²) in [4.78, 5) is 26.0. The number of ether oxygens (including phenoxy) is 1. The van der Waals surface area contributed by atoms with E-state index >= 15 is 0 Å². The van der Waals surface area contributed by atoms with Gasteiger partial charge in [-0.15, -0.1) is 0 Å². The predicted octanol–water partition coefficient (Wildman–Crippen LogP) is 4.88. The van der Waals surface area contributed by atoms with Crippen LogP contribution < -0.4 is 15.0 Å². The Morgan fingerprint density at radius 3 is 2.64 bits per heavy atom. The van der Waals surface area contributed by atoms with Crippen LogP contribution in [0.3, 0.4) is 0 Å². The number of nitrogens with one attached hydrogen (secondary N) is 2. The highest BCUT2D eigenvalue weighted by atomic mass is 19.1. The third kappa shape index (κ3) is 4.48. The molecule has 168 valence electrons. The molecule has 1 amide bonds. The van der Waals surface area contributed by atoms with E-state index < -0.39 is 0 Å². The van der Waals surface area contributed by atoms with Gasteiger partial charge in [0, 0.05) is 37.0 Å². The number of hydrogen-bond acceptors (Lipinski definition) is 5. The first-order chi connectivity index (χ1) is 16.1. The first-order valence-electron chi connectivity index (χ1n) is 10.6. The predicted molar refractivity (Wildman–Crippen MR) is 120 cm³/mol. The van der Waals surface area contributed by atoms with Gasteiger partial charge in [0.05, 0.1) is 5.39 Å². The van der Waals surface area contributed by atoms with Crippen LogP contribution in [0.5, 0.6) is 11.5 Å². The number of carbonyl (C=O) groups excluding carboxylic acids is 1. The Bertz CT molecular complexity index is 1280. The van der Waals surface area contributed by atoms with Crippen LogP contribution in [-0.2, 0) is 4.79 Å². The van der Waals surface area contributed by atoms with Gasteiger partial charge in [-0.1, -0.05) is 6.07 Å². The van der Waals surface area contributed by atoms with Crippen molar-refractivity contribution in [2.45, 2.75) is 12.8 Å². The Kier molecular flexibility index (Phi) is 5.60. The number of fused-ring (bicyclic) bond motifs is 1. The fourth-order valence-electron chi connectivity index (χ4n) is 4.02. The molecule has 0 spiro atoms. The van der Waals surface area contributed by atoms with Crippen molar-refractivity contribution in [1.29, 1.82) is 0 Å². The maximum Gasteiger partial charge on any atom is 0.227 e. The van der Waals surface area contributed by atoms with E-state index in [1.54, 1.807) is 36.4 Å². The van der Waals surface area contributed by atoms with E-state index in [0.29, 0.717) is 60.0 Å². The van der Waals surface area contributed by atoms with Gasteiger partial charge in [-0.05, 0) is 49.2 Å². The van der Waals surface area contributed by atoms with Crippen molar-refractivity contribution in [2.75, 3.05) is 23.3 Å². The second-order valence-electron chi connectivity index (χ2n) is 7.89. The summed E-state index contributed by atoms with van der Waals surface area (Å²) in [6, 6.07) is 12.8. The Balaban J connectivity index is 1.21. The summed E-state index contributed by atoms with van der Waals surface area (Å²) in [6.07, 6.45) is 3.93. The fourth-order valence-corrected chi connectivity index (χ4v) is 4.02. The summed E-state index contributed by atoms with van der Waals surface area (Å²) in [6.45, 7) is 1.17. The smallest absolute Gasteiger partial charge is 0.227 e. The highest BCUT2D eigenvalue weighted by molar-refractivity contribution is 5.93. The fraction of sp³-hybridized carbons (Fsp3) is 0.208. The molecule has 0 bridgehead atoms. The average Bonchev–Trinajstić information content (AvgIpc) is 3.22. The van der Waals surface area contributed by atoms with Crippen molar-refractivity contribution in [2.24, 2.45) is 5.92 Å². The summed E-state index contributed by atoms with van der Waals surface area (Å²) in [7, 11) is 0. The van der Waals surface area contributed by atoms with Crippen LogP contribution in [0.25, 0.3) is 11.0 Å². The number of aromatic nitrogens is 3. The molecule has 1 aliphatic heterocycles. The molecule has 4 aromatic rings. The van der Waals surface area contributed by atoms with Gasteiger partial charge in [0.2, 0.25) is 5.91 Å². The minimum Gasteiger partial charge on any atom is -0.457 e. The normalized spacial score (nSPS) is 14.4. The van der Waals surface area contributed by atoms with Crippen LogP contribution in [0.4, 0.5) is 20.3 Å². The van der Waals surface area contributed by atoms with E-state index in [9.17, 15) is 13.6 Å². The van der Waals surface area contributed by atoms with Gasteiger partial charge in [0.1, 0.15) is 35.1 Å². The molecule has 0 unspecified atom stereocenters. The summed E-state index contributed by atoms with van der Waals surface area (Å²) in [5.74, 6) is 0.620. The van der Waals surface area contributed by atoms with Crippen LogP contribution in [0, 0.1) is 17.6 Å². The molecule has 1 aliphatic rings. The average molecular weight is 449 g/mol. The minimum atomic E-state index is -0.386. The number of halogens is 2. The number of carbonyl (C=O) groups is 1. The minimum absolute atomic E-state index is 0.0748. The van der Waals surface area contributed by atoms with E-state index in [-0.39, 0.29) is 23.5 Å². The molecule has 3 heterocycles. The number of piperidine rings is 1. The SMILES string of the molecule is O=C(Nc1cccc(Oc2ccc(F)cc2)c1)C1CCN(c2ncnc3[nH]cc(F)c23)CC1. The summed E-state index contributed by atoms with van der Waals surface area (Å²) >= 11 is 0. The van der Waals surface area contributed by atoms with E-state index in [2.05, 4.69) is 20.3 Å². The Morgan fingerprint density at radius 2 is 1.85 bits per heavy atom. The van der Waals surface area contributed by atoms with Gasteiger partial charge < -0.3 is 19.9 Å². The van der Waals surface area contributed by atoms with Crippen LogP contribution in [0.2, 0.25) is 0 Å². The zero-order chi connectivity index (χ0) is 22.8. The van der Waals surface area contributed by atoms with E-state index in [4.69, 9.17) is 4.74 Å². The molecule has 33 heavy (non-hydrogen) atoms. The third-order valence-electron chi connectivity index (χ3n) is 5.72. The number of hydrogen-bond donors (Lipinski definition) is 2. The second-order valence-corrected chi connectivity index (χ2v) is 7.89. The molecule has 7 nitrogen and oxygen atoms in total. The van der Waals surface area contributed by atoms with Crippen LogP contribution in [-0.4, -0.2) is 33.9 Å². The number of rotatable bonds is 5. The van der Waals surface area contributed by atoms with Gasteiger partial charge in [-0.3, -0.25) is 4.79 Å². The summed E-state index contributed by atoms with van der Waals surface area (Å²) in [5, 5.41) is 3.32. The van der Waals surface area contributed by atoms with Gasteiger partial charge in [0.25, 0.3) is 0 Å². The Hall–Kier alpha value is -4.01. The lowest BCUT2D eigenvalue weighted by atomic mass is 9.95. The van der Waals surface area contributed by atoms with Crippen molar-refractivity contribution >= 4 is 28.4 Å². The van der Waals surface area contributed by atoms with Gasteiger partial charge >= 0.3 is 0 Å². The maximum absolute atomic E-state index is 14.2. The molecule has 0 saturated carbocycles. The van der Waals surface area contributed by atoms with Gasteiger partial charge in [0.15, 0.2) is 5.82 Å². The van der Waals surface area contributed by atoms with E-state index in [1.165, 1.54) is 24.7 Å². The van der Waals surface area contributed by atoms with Gasteiger partial charge in [-0.2, -0.15) is 0 Å². The molecule has 2 aromatic heterocycles. The molecule has 0 aliphatic carbocycles. The number of benzene rings is 2. The number of aromatic amines is 1. The zero-order valence-corrected chi connectivity index (χ0v) is 17.6. The topological polar surface area (TPSA) is 83.1 Å². The molecule has 5 rings (SSSR count). The Labute approximate surface area is 188 Å². The lowest BCUT2D eigenvalue weighted by Crippen LogP contribution is -2.38. The van der Waals surface area contributed by atoms with Crippen molar-refractivity contribution in [3.05, 3.63) is 72.7 Å². The quantitative estimate of drug-likeness (QED) is 0.454. The lowest BCUT2D eigenvalue weighted by Gasteiger charge is -2.32. The van der Waals surface area contributed by atoms with Crippen LogP contribution >= 0.6 is 0 Å². The molecule has 1 saturated heterocycles. The number of anilines is 2. The number of nitrogens with zero attached hydrogens (tertiary/aromatic N) is 3. The molecule has 0 radical (unpaired) electrons. The van der Waals surface area contributed by atoms with Gasteiger partial charge in [-0.25, -0.2) is 18.7 Å². The zero-order valence-electron chi connectivity index (χ0n) is 17.6. The van der Waals surface area contributed by atoms with E-state index in [0.717, 1.165) is 0 Å². The molecule has 1 fully saturated rings. The molecular weight excluding hydrogens is 428 g/mol. The first kappa shape index (κ1) is 20.9. The maximum atomic E-state index is 14.2. The molecular formula is C24H21F2N5O2. The molecule has 2 aromatic carbocycles. The Morgan fingerprint density at radius 1 is 1.06 bits per heavy atom. The van der Waals surface area contributed by atoms with Crippen molar-refractivity contribution in [3.8, 4) is 11.5 Å². The lowest BCUT2D eigenvalue weighted by molar-refractivity contribution is -0.120. The number of H-pyrrole nitrogens is 1. The third-order valence-corrected chi connectivity index (χ3v) is 5.72. The van der Waals surface area contributed by atoms with Crippen molar-refractivity contribution < 1.29 is 18.3 Å². The van der Waals surface area contributed by atoms with Crippen molar-refractivity contribution in [1.82, 2.24) is 15.0 Å². The number of amides is 1. The molecule has 9 heteroatoms. The van der Waals surface area contributed by atoms with Crippen LogP contribution in [0.15, 0.2) is 61.1 Å². The highest BCUT2D eigenvalue weighted by Gasteiger charge is 2.27. The van der Waals surface area contributed by atoms with Crippen molar-refractivity contribution in [3.63, 3.8) is 0 Å². The van der Waals surface area contributed by atoms with E-state index in [1.807, 2.05) is 4.90 Å². The summed E-state index contributed by atoms with van der Waals surface area (Å²) in [5.41, 5.74) is 1.08. The molecule has 0 atom stereocenters. The monoisotopic (exact) mass is 449 g/mol. The second kappa shape index (κ2) is 8.85. The molecule has 2 N–H and O–H groups in total. The van der Waals surface area contributed by atoms with Crippen LogP contribution in [0.1, 0.15) is 12.8 Å². The highest BCUT2D eigenvalue weighted by Crippen LogP contribution is 2.30. The summed E-state index contributed by atoms with van der Waals surface area (Å²) < 4.78 is 33.0. The first-order valence-corrected chi connectivity index (χ1v) is 10.6.